The van der Waals surface area contributed by atoms with E-state index in [-0.39, 0.29) is 0 Å². The van der Waals surface area contributed by atoms with E-state index in [1.54, 1.807) is 14.2 Å². The molecule has 2 heterocycles. The van der Waals surface area contributed by atoms with Crippen molar-refractivity contribution in [3.8, 4) is 11.5 Å². The molecule has 2 N–H and O–H groups in total. The van der Waals surface area contributed by atoms with Crippen LogP contribution in [0.25, 0.3) is 10.9 Å². The Morgan fingerprint density at radius 1 is 1.27 bits per heavy atom. The zero-order chi connectivity index (χ0) is 18.5. The molecule has 2 aromatic rings. The van der Waals surface area contributed by atoms with Crippen molar-refractivity contribution in [3.05, 3.63) is 24.4 Å². The molecule has 1 aliphatic rings. The third-order valence-corrected chi connectivity index (χ3v) is 5.01. The first-order valence-electron chi connectivity index (χ1n) is 8.85. The van der Waals surface area contributed by atoms with E-state index in [4.69, 9.17) is 14.6 Å². The van der Waals surface area contributed by atoms with Crippen LogP contribution in [-0.2, 0) is 0 Å². The minimum absolute atomic E-state index is 0.523. The van der Waals surface area contributed by atoms with Gasteiger partial charge in [-0.05, 0) is 37.3 Å². The molecule has 7 nitrogen and oxygen atoms in total. The second-order valence-corrected chi connectivity index (χ2v) is 6.51. The molecule has 1 aromatic heterocycles. The fraction of sp³-hybridized carbons (Fsp3) is 0.474. The van der Waals surface area contributed by atoms with Crippen LogP contribution in [0.2, 0.25) is 0 Å². The number of carboxylic acid groups (broad SMARTS) is 1. The number of rotatable bonds is 6. The molecule has 3 rings (SSSR count). The highest BCUT2D eigenvalue weighted by molar-refractivity contribution is 5.94. The Bertz CT molecular complexity index is 773. The molecule has 1 aromatic carbocycles. The SMILES string of the molecule is COc1cc2nccc(N3CCC(CCNC(=O)O)CC3)c2cc1OC. The molecule has 1 aliphatic heterocycles. The van der Waals surface area contributed by atoms with Crippen LogP contribution in [0.3, 0.4) is 0 Å². The summed E-state index contributed by atoms with van der Waals surface area (Å²) in [5.74, 6) is 1.93. The van der Waals surface area contributed by atoms with Crippen LogP contribution < -0.4 is 19.7 Å². The summed E-state index contributed by atoms with van der Waals surface area (Å²) >= 11 is 0. The van der Waals surface area contributed by atoms with Crippen LogP contribution in [-0.4, -0.2) is 50.0 Å². The van der Waals surface area contributed by atoms with Gasteiger partial charge in [-0.25, -0.2) is 4.79 Å². The van der Waals surface area contributed by atoms with Crippen molar-refractivity contribution in [1.29, 1.82) is 0 Å². The van der Waals surface area contributed by atoms with E-state index in [2.05, 4.69) is 15.2 Å². The predicted octanol–water partition coefficient (Wildman–Crippen LogP) is 3.13. The number of benzene rings is 1. The number of piperidine rings is 1. The largest absolute Gasteiger partial charge is 0.493 e. The van der Waals surface area contributed by atoms with Crippen molar-refractivity contribution >= 4 is 22.7 Å². The average Bonchev–Trinajstić information content (AvgIpc) is 2.66. The number of nitrogens with zero attached hydrogens (tertiary/aromatic N) is 2. The molecule has 0 bridgehead atoms. The summed E-state index contributed by atoms with van der Waals surface area (Å²) < 4.78 is 10.8. The van der Waals surface area contributed by atoms with Gasteiger partial charge in [0.05, 0.1) is 19.7 Å². The second-order valence-electron chi connectivity index (χ2n) is 6.51. The van der Waals surface area contributed by atoms with E-state index in [1.165, 1.54) is 0 Å². The quantitative estimate of drug-likeness (QED) is 0.824. The number of carbonyl (C=O) groups is 1. The first-order chi connectivity index (χ1) is 12.6. The van der Waals surface area contributed by atoms with Gasteiger partial charge < -0.3 is 24.8 Å². The van der Waals surface area contributed by atoms with Crippen LogP contribution >= 0.6 is 0 Å². The van der Waals surface area contributed by atoms with E-state index >= 15 is 0 Å². The van der Waals surface area contributed by atoms with Gasteiger partial charge in [0.1, 0.15) is 0 Å². The van der Waals surface area contributed by atoms with Gasteiger partial charge in [-0.2, -0.15) is 0 Å². The Labute approximate surface area is 152 Å². The summed E-state index contributed by atoms with van der Waals surface area (Å²) in [4.78, 5) is 17.4. The molecular weight excluding hydrogens is 334 g/mol. The van der Waals surface area contributed by atoms with Gasteiger partial charge in [0.15, 0.2) is 11.5 Å². The Balaban J connectivity index is 1.74. The van der Waals surface area contributed by atoms with E-state index in [0.29, 0.717) is 24.0 Å². The zero-order valence-electron chi connectivity index (χ0n) is 15.2. The van der Waals surface area contributed by atoms with Crippen LogP contribution in [0.15, 0.2) is 24.4 Å². The van der Waals surface area contributed by atoms with E-state index < -0.39 is 6.09 Å². The van der Waals surface area contributed by atoms with E-state index in [1.807, 2.05) is 24.4 Å². The molecule has 0 aliphatic carbocycles. The van der Waals surface area contributed by atoms with Crippen molar-refractivity contribution in [2.75, 3.05) is 38.8 Å². The highest BCUT2D eigenvalue weighted by Crippen LogP contribution is 2.36. The van der Waals surface area contributed by atoms with Crippen molar-refractivity contribution in [2.45, 2.75) is 19.3 Å². The Hall–Kier alpha value is -2.70. The van der Waals surface area contributed by atoms with Crippen LogP contribution in [0.1, 0.15) is 19.3 Å². The Morgan fingerprint density at radius 3 is 2.62 bits per heavy atom. The third-order valence-electron chi connectivity index (χ3n) is 5.01. The minimum atomic E-state index is -0.949. The second kappa shape index (κ2) is 8.12. The number of pyridine rings is 1. The molecule has 7 heteroatoms. The maximum atomic E-state index is 10.6. The number of anilines is 1. The number of hydrogen-bond donors (Lipinski definition) is 2. The number of methoxy groups -OCH3 is 2. The van der Waals surface area contributed by atoms with Crippen LogP contribution in [0.5, 0.6) is 11.5 Å². The number of ether oxygens (including phenoxy) is 2. The van der Waals surface area contributed by atoms with Gasteiger partial charge in [-0.15, -0.1) is 0 Å². The molecule has 0 atom stereocenters. The standard InChI is InChI=1S/C19H25N3O4/c1-25-17-11-14-15(12-18(17)26-2)20-8-4-16(14)22-9-5-13(6-10-22)3-7-21-19(23)24/h4,8,11-13,21H,3,5-7,9-10H2,1-2H3,(H,23,24). The lowest BCUT2D eigenvalue weighted by Gasteiger charge is -2.34. The predicted molar refractivity (Wildman–Crippen MR) is 100 cm³/mol. The lowest BCUT2D eigenvalue weighted by atomic mass is 9.93. The monoisotopic (exact) mass is 359 g/mol. The fourth-order valence-corrected chi connectivity index (χ4v) is 3.58. The number of amides is 1. The number of nitrogens with one attached hydrogen (secondary N) is 1. The van der Waals surface area contributed by atoms with E-state index in [9.17, 15) is 4.79 Å². The van der Waals surface area contributed by atoms with Gasteiger partial charge in [0, 0.05) is 43.0 Å². The molecule has 0 unspecified atom stereocenters. The van der Waals surface area contributed by atoms with Gasteiger partial charge in [0.2, 0.25) is 0 Å². The molecule has 1 saturated heterocycles. The minimum Gasteiger partial charge on any atom is -0.493 e. The summed E-state index contributed by atoms with van der Waals surface area (Å²) in [6.45, 7) is 2.42. The van der Waals surface area contributed by atoms with Gasteiger partial charge >= 0.3 is 6.09 Å². The molecular formula is C19H25N3O4. The smallest absolute Gasteiger partial charge is 0.404 e. The molecule has 1 amide bonds. The first kappa shape index (κ1) is 18.1. The lowest BCUT2D eigenvalue weighted by Crippen LogP contribution is -2.35. The first-order valence-corrected chi connectivity index (χ1v) is 8.85. The molecule has 140 valence electrons. The van der Waals surface area contributed by atoms with E-state index in [0.717, 1.165) is 48.9 Å². The maximum Gasteiger partial charge on any atom is 0.404 e. The molecule has 0 saturated carbocycles. The summed E-state index contributed by atoms with van der Waals surface area (Å²) in [5, 5.41) is 12.2. The number of aromatic nitrogens is 1. The van der Waals surface area contributed by atoms with Crippen molar-refractivity contribution < 1.29 is 19.4 Å². The summed E-state index contributed by atoms with van der Waals surface area (Å²) in [7, 11) is 3.26. The summed E-state index contributed by atoms with van der Waals surface area (Å²) in [6, 6.07) is 5.93. The average molecular weight is 359 g/mol. The highest BCUT2D eigenvalue weighted by Gasteiger charge is 2.21. The van der Waals surface area contributed by atoms with Crippen molar-refractivity contribution in [3.63, 3.8) is 0 Å². The lowest BCUT2D eigenvalue weighted by molar-refractivity contribution is 0.193. The number of fused-ring (bicyclic) bond motifs is 1. The molecule has 26 heavy (non-hydrogen) atoms. The third kappa shape index (κ3) is 3.92. The van der Waals surface area contributed by atoms with Gasteiger partial charge in [0.25, 0.3) is 0 Å². The van der Waals surface area contributed by atoms with Gasteiger partial charge in [-0.1, -0.05) is 0 Å². The van der Waals surface area contributed by atoms with Crippen molar-refractivity contribution in [1.82, 2.24) is 10.3 Å². The Kier molecular flexibility index (Phi) is 5.65. The Morgan fingerprint density at radius 2 is 1.96 bits per heavy atom. The number of hydrogen-bond acceptors (Lipinski definition) is 5. The van der Waals surface area contributed by atoms with Crippen LogP contribution in [0.4, 0.5) is 10.5 Å². The van der Waals surface area contributed by atoms with Gasteiger partial charge in [-0.3, -0.25) is 4.98 Å². The molecule has 0 spiro atoms. The topological polar surface area (TPSA) is 83.9 Å². The molecule has 1 fully saturated rings. The highest BCUT2D eigenvalue weighted by atomic mass is 16.5. The summed E-state index contributed by atoms with van der Waals surface area (Å²) in [6.07, 6.45) is 3.88. The fourth-order valence-electron chi connectivity index (χ4n) is 3.58. The normalized spacial score (nSPS) is 15.1. The zero-order valence-corrected chi connectivity index (χ0v) is 15.2. The molecule has 0 radical (unpaired) electrons. The van der Waals surface area contributed by atoms with Crippen molar-refractivity contribution in [2.24, 2.45) is 5.92 Å². The summed E-state index contributed by atoms with van der Waals surface area (Å²) in [5.41, 5.74) is 2.03. The maximum absolute atomic E-state index is 10.6. The van der Waals surface area contributed by atoms with Crippen LogP contribution in [0, 0.1) is 5.92 Å².